The second-order valence-corrected chi connectivity index (χ2v) is 5.12. The van der Waals surface area contributed by atoms with E-state index in [-0.39, 0.29) is 11.3 Å². The lowest BCUT2D eigenvalue weighted by Gasteiger charge is -2.19. The number of hydrogen-bond acceptors (Lipinski definition) is 7. The highest BCUT2D eigenvalue weighted by Crippen LogP contribution is 2.36. The minimum Gasteiger partial charge on any atom is -0.469 e. The van der Waals surface area contributed by atoms with Crippen LogP contribution in [-0.2, 0) is 20.7 Å². The van der Waals surface area contributed by atoms with E-state index in [1.165, 1.54) is 25.6 Å². The molecule has 0 N–H and O–H groups in total. The van der Waals surface area contributed by atoms with Crippen LogP contribution in [0.4, 0.5) is 5.00 Å². The van der Waals surface area contributed by atoms with Crippen LogP contribution in [0.3, 0.4) is 0 Å². The SMILES string of the molecule is CCN(CC)c1sc(C(=O)OC)c(CC(=O)OC)c1C#N. The highest BCUT2D eigenvalue weighted by atomic mass is 32.1. The third-order valence-corrected chi connectivity index (χ3v) is 4.34. The highest BCUT2D eigenvalue weighted by molar-refractivity contribution is 7.18. The zero-order valence-electron chi connectivity index (χ0n) is 12.6. The summed E-state index contributed by atoms with van der Waals surface area (Å²) in [6, 6.07) is 2.10. The minimum atomic E-state index is -0.547. The van der Waals surface area contributed by atoms with E-state index in [1.54, 1.807) is 0 Å². The molecule has 0 saturated carbocycles. The first kappa shape index (κ1) is 17.0. The topological polar surface area (TPSA) is 79.6 Å². The standard InChI is InChI=1S/C14H18N2O4S/c1-5-16(6-2)13-10(8-15)9(7-11(17)19-3)12(21-13)14(18)20-4/h5-7H2,1-4H3. The molecule has 0 spiro atoms. The zero-order valence-corrected chi connectivity index (χ0v) is 13.4. The van der Waals surface area contributed by atoms with Gasteiger partial charge >= 0.3 is 11.9 Å². The maximum absolute atomic E-state index is 11.9. The monoisotopic (exact) mass is 310 g/mol. The molecule has 0 radical (unpaired) electrons. The molecule has 0 amide bonds. The molecule has 114 valence electrons. The number of hydrogen-bond donors (Lipinski definition) is 0. The molecule has 21 heavy (non-hydrogen) atoms. The van der Waals surface area contributed by atoms with Crippen molar-refractivity contribution in [2.75, 3.05) is 32.2 Å². The Labute approximate surface area is 127 Å². The lowest BCUT2D eigenvalue weighted by Crippen LogP contribution is -2.21. The number of carbonyl (C=O) groups excluding carboxylic acids is 2. The van der Waals surface area contributed by atoms with Gasteiger partial charge in [-0.3, -0.25) is 4.79 Å². The van der Waals surface area contributed by atoms with Crippen LogP contribution in [0.25, 0.3) is 0 Å². The van der Waals surface area contributed by atoms with Crippen LogP contribution in [0.1, 0.15) is 34.6 Å². The molecule has 0 aliphatic heterocycles. The molecule has 6 nitrogen and oxygen atoms in total. The van der Waals surface area contributed by atoms with Crippen LogP contribution in [-0.4, -0.2) is 39.2 Å². The first-order valence-corrected chi connectivity index (χ1v) is 7.31. The fraction of sp³-hybridized carbons (Fsp3) is 0.500. The minimum absolute atomic E-state index is 0.123. The molecule has 0 unspecified atom stereocenters. The third-order valence-electron chi connectivity index (χ3n) is 3.07. The predicted molar refractivity (Wildman–Crippen MR) is 79.7 cm³/mol. The number of carbonyl (C=O) groups is 2. The molecule has 0 aromatic carbocycles. The van der Waals surface area contributed by atoms with Crippen molar-refractivity contribution < 1.29 is 19.1 Å². The van der Waals surface area contributed by atoms with Gasteiger partial charge in [-0.15, -0.1) is 11.3 Å². The largest absolute Gasteiger partial charge is 0.469 e. The summed E-state index contributed by atoms with van der Waals surface area (Å²) < 4.78 is 9.38. The molecular weight excluding hydrogens is 292 g/mol. The number of ether oxygens (including phenoxy) is 2. The molecule has 0 aliphatic rings. The van der Waals surface area contributed by atoms with Gasteiger partial charge in [0.1, 0.15) is 15.9 Å². The van der Waals surface area contributed by atoms with Crippen molar-refractivity contribution in [2.45, 2.75) is 20.3 Å². The second kappa shape index (κ2) is 7.64. The predicted octanol–water partition coefficient (Wildman–Crippen LogP) is 1.97. The number of nitriles is 1. The first-order valence-electron chi connectivity index (χ1n) is 6.49. The van der Waals surface area contributed by atoms with Gasteiger partial charge in [-0.2, -0.15) is 5.26 Å². The molecule has 1 aromatic heterocycles. The summed E-state index contributed by atoms with van der Waals surface area (Å²) in [5.41, 5.74) is 0.720. The van der Waals surface area contributed by atoms with E-state index in [4.69, 9.17) is 4.74 Å². The number of esters is 2. The number of nitrogens with zero attached hydrogens (tertiary/aromatic N) is 2. The van der Waals surface area contributed by atoms with Gasteiger partial charge in [0.15, 0.2) is 0 Å². The summed E-state index contributed by atoms with van der Waals surface area (Å²) in [7, 11) is 2.54. The summed E-state index contributed by atoms with van der Waals surface area (Å²) in [5, 5.41) is 10.1. The van der Waals surface area contributed by atoms with Crippen LogP contribution in [0.2, 0.25) is 0 Å². The lowest BCUT2D eigenvalue weighted by molar-refractivity contribution is -0.139. The van der Waals surface area contributed by atoms with Crippen LogP contribution in [0, 0.1) is 11.3 Å². The van der Waals surface area contributed by atoms with E-state index in [0.717, 1.165) is 0 Å². The Morgan fingerprint density at radius 3 is 2.29 bits per heavy atom. The van der Waals surface area contributed by atoms with Gasteiger partial charge in [-0.25, -0.2) is 4.79 Å². The molecule has 0 atom stereocenters. The Balaban J connectivity index is 3.45. The van der Waals surface area contributed by atoms with Crippen molar-refractivity contribution in [3.8, 4) is 6.07 Å². The van der Waals surface area contributed by atoms with Crippen molar-refractivity contribution in [1.29, 1.82) is 5.26 Å². The van der Waals surface area contributed by atoms with E-state index in [0.29, 0.717) is 29.2 Å². The average molecular weight is 310 g/mol. The van der Waals surface area contributed by atoms with E-state index in [2.05, 4.69) is 10.8 Å². The first-order chi connectivity index (χ1) is 10.0. The molecule has 0 saturated heterocycles. The fourth-order valence-corrected chi connectivity index (χ4v) is 3.26. The second-order valence-electron chi connectivity index (χ2n) is 4.12. The number of rotatable bonds is 6. The Bertz CT molecular complexity index is 570. The Hall–Kier alpha value is -2.07. The van der Waals surface area contributed by atoms with E-state index in [9.17, 15) is 14.9 Å². The molecule has 7 heteroatoms. The number of thiophene rings is 1. The summed E-state index contributed by atoms with van der Waals surface area (Å²) in [4.78, 5) is 25.7. The van der Waals surface area contributed by atoms with E-state index >= 15 is 0 Å². The summed E-state index contributed by atoms with van der Waals surface area (Å²) >= 11 is 1.17. The van der Waals surface area contributed by atoms with Crippen LogP contribution in [0.15, 0.2) is 0 Å². The molecule has 0 aliphatic carbocycles. The van der Waals surface area contributed by atoms with Crippen molar-refractivity contribution in [3.63, 3.8) is 0 Å². The van der Waals surface area contributed by atoms with Crippen molar-refractivity contribution >= 4 is 28.3 Å². The van der Waals surface area contributed by atoms with Gasteiger partial charge in [-0.1, -0.05) is 0 Å². The van der Waals surface area contributed by atoms with Crippen LogP contribution in [0.5, 0.6) is 0 Å². The van der Waals surface area contributed by atoms with Crippen molar-refractivity contribution in [1.82, 2.24) is 0 Å². The smallest absolute Gasteiger partial charge is 0.348 e. The van der Waals surface area contributed by atoms with Gasteiger partial charge in [0.25, 0.3) is 0 Å². The van der Waals surface area contributed by atoms with Crippen molar-refractivity contribution in [3.05, 3.63) is 16.0 Å². The zero-order chi connectivity index (χ0) is 16.0. The normalized spacial score (nSPS) is 9.86. The molecule has 0 bridgehead atoms. The van der Waals surface area contributed by atoms with Gasteiger partial charge in [0, 0.05) is 18.7 Å². The number of methoxy groups -OCH3 is 2. The quantitative estimate of drug-likeness (QED) is 0.747. The van der Waals surface area contributed by atoms with E-state index in [1.807, 2.05) is 18.7 Å². The van der Waals surface area contributed by atoms with Gasteiger partial charge in [0.05, 0.1) is 26.2 Å². The van der Waals surface area contributed by atoms with Crippen molar-refractivity contribution in [2.24, 2.45) is 0 Å². The Kier molecular flexibility index (Phi) is 6.18. The van der Waals surface area contributed by atoms with E-state index < -0.39 is 11.9 Å². The summed E-state index contributed by atoms with van der Waals surface area (Å²) in [6.45, 7) is 5.32. The Morgan fingerprint density at radius 2 is 1.86 bits per heavy atom. The van der Waals surface area contributed by atoms with Crippen LogP contribution >= 0.6 is 11.3 Å². The highest BCUT2D eigenvalue weighted by Gasteiger charge is 2.27. The third kappa shape index (κ3) is 3.52. The molecule has 1 aromatic rings. The number of anilines is 1. The fourth-order valence-electron chi connectivity index (χ4n) is 1.94. The van der Waals surface area contributed by atoms with Crippen LogP contribution < -0.4 is 4.90 Å². The molecular formula is C14H18N2O4S. The van der Waals surface area contributed by atoms with Gasteiger partial charge in [0.2, 0.25) is 0 Å². The van der Waals surface area contributed by atoms with Gasteiger partial charge < -0.3 is 14.4 Å². The Morgan fingerprint density at radius 1 is 1.24 bits per heavy atom. The average Bonchev–Trinajstić information content (AvgIpc) is 2.85. The molecule has 0 fully saturated rings. The molecule has 1 rings (SSSR count). The summed E-state index contributed by atoms with van der Waals surface area (Å²) in [5.74, 6) is -1.05. The summed E-state index contributed by atoms with van der Waals surface area (Å²) in [6.07, 6.45) is -0.123. The maximum atomic E-state index is 11.9. The maximum Gasteiger partial charge on any atom is 0.348 e. The lowest BCUT2D eigenvalue weighted by atomic mass is 10.1. The van der Waals surface area contributed by atoms with Gasteiger partial charge in [-0.05, 0) is 13.8 Å². The molecule has 1 heterocycles.